The van der Waals surface area contributed by atoms with Gasteiger partial charge in [0.1, 0.15) is 11.6 Å². The van der Waals surface area contributed by atoms with E-state index < -0.39 is 0 Å². The first-order valence-electron chi connectivity index (χ1n) is 7.48. The highest BCUT2D eigenvalue weighted by Crippen LogP contribution is 2.38. The molecule has 1 aromatic carbocycles. The molecule has 1 fully saturated rings. The predicted molar refractivity (Wildman–Crippen MR) is 85.9 cm³/mol. The van der Waals surface area contributed by atoms with Gasteiger partial charge in [-0.1, -0.05) is 30.9 Å². The van der Waals surface area contributed by atoms with E-state index in [0.717, 1.165) is 29.7 Å². The highest BCUT2D eigenvalue weighted by atomic mass is 35.5. The Morgan fingerprint density at radius 1 is 1.29 bits per heavy atom. The second-order valence-electron chi connectivity index (χ2n) is 6.12. The summed E-state index contributed by atoms with van der Waals surface area (Å²) in [4.78, 5) is 4.65. The molecule has 0 bridgehead atoms. The number of hydrogen-bond acceptors (Lipinski definition) is 1. The summed E-state index contributed by atoms with van der Waals surface area (Å²) in [6, 6.07) is 3.13. The van der Waals surface area contributed by atoms with Gasteiger partial charge < -0.3 is 4.57 Å². The van der Waals surface area contributed by atoms with Crippen LogP contribution in [-0.2, 0) is 12.0 Å². The van der Waals surface area contributed by atoms with Gasteiger partial charge in [0.15, 0.2) is 0 Å². The molecule has 2 nitrogen and oxygen atoms in total. The number of rotatable bonds is 3. The number of halogens is 3. The Kier molecular flexibility index (Phi) is 4.15. The minimum absolute atomic E-state index is 0.00530. The van der Waals surface area contributed by atoms with Crippen molar-refractivity contribution in [1.82, 2.24) is 9.55 Å². The quantitative estimate of drug-likeness (QED) is 0.700. The van der Waals surface area contributed by atoms with Crippen LogP contribution in [0.3, 0.4) is 0 Å². The molecule has 1 saturated carbocycles. The number of aryl methyl sites for hydroxylation is 1. The Labute approximate surface area is 134 Å². The number of nitrogens with zero attached hydrogens (tertiary/aromatic N) is 2. The summed E-state index contributed by atoms with van der Waals surface area (Å²) in [7, 11) is 0. The molecule has 0 amide bonds. The third-order valence-electron chi connectivity index (χ3n) is 4.55. The minimum atomic E-state index is -0.387. The van der Waals surface area contributed by atoms with Crippen LogP contribution in [0.1, 0.15) is 44.9 Å². The van der Waals surface area contributed by atoms with E-state index in [1.807, 2.05) is 0 Å². The second-order valence-corrected chi connectivity index (χ2v) is 6.90. The molecular weight excluding hydrogens is 310 g/mol. The zero-order chi connectivity index (χ0) is 15.0. The van der Waals surface area contributed by atoms with Crippen molar-refractivity contribution in [3.05, 3.63) is 28.8 Å². The van der Waals surface area contributed by atoms with Crippen LogP contribution < -0.4 is 0 Å². The van der Waals surface area contributed by atoms with Gasteiger partial charge in [-0.3, -0.25) is 0 Å². The lowest BCUT2D eigenvalue weighted by molar-refractivity contribution is 0.219. The van der Waals surface area contributed by atoms with Gasteiger partial charge in [0, 0.05) is 23.9 Å². The van der Waals surface area contributed by atoms with Gasteiger partial charge in [-0.05, 0) is 25.8 Å². The maximum atomic E-state index is 13.9. The number of hydrogen-bond donors (Lipinski definition) is 0. The topological polar surface area (TPSA) is 17.8 Å². The van der Waals surface area contributed by atoms with Crippen LogP contribution in [0, 0.1) is 5.82 Å². The van der Waals surface area contributed by atoms with E-state index in [4.69, 9.17) is 23.2 Å². The molecule has 1 aliphatic carbocycles. The monoisotopic (exact) mass is 328 g/mol. The first-order valence-corrected chi connectivity index (χ1v) is 8.39. The van der Waals surface area contributed by atoms with E-state index in [0.29, 0.717) is 12.3 Å². The molecule has 114 valence electrons. The Morgan fingerprint density at radius 3 is 2.67 bits per heavy atom. The molecule has 1 heterocycles. The Bertz CT molecular complexity index is 660. The third-order valence-corrected chi connectivity index (χ3v) is 5.03. The van der Waals surface area contributed by atoms with Gasteiger partial charge in [-0.15, -0.1) is 11.6 Å². The highest BCUT2D eigenvalue weighted by molar-refractivity contribution is 6.31. The minimum Gasteiger partial charge on any atom is -0.322 e. The number of fused-ring (bicyclic) bond motifs is 1. The van der Waals surface area contributed by atoms with Crippen molar-refractivity contribution < 1.29 is 4.39 Å². The van der Waals surface area contributed by atoms with Crippen molar-refractivity contribution in [2.45, 2.75) is 51.0 Å². The van der Waals surface area contributed by atoms with Crippen LogP contribution in [0.5, 0.6) is 0 Å². The fraction of sp³-hybridized carbons (Fsp3) is 0.562. The van der Waals surface area contributed by atoms with Gasteiger partial charge in [-0.25, -0.2) is 9.37 Å². The Balaban J connectivity index is 2.22. The lowest BCUT2D eigenvalue weighted by atomic mass is 9.82. The van der Waals surface area contributed by atoms with Crippen molar-refractivity contribution >= 4 is 34.2 Å². The maximum absolute atomic E-state index is 13.9. The predicted octanol–water partition coefficient (Wildman–Crippen LogP) is 5.29. The van der Waals surface area contributed by atoms with Gasteiger partial charge in [0.2, 0.25) is 0 Å². The van der Waals surface area contributed by atoms with Crippen LogP contribution in [0.2, 0.25) is 5.02 Å². The van der Waals surface area contributed by atoms with Crippen molar-refractivity contribution in [1.29, 1.82) is 0 Å². The molecule has 5 heteroatoms. The molecule has 1 aliphatic rings. The van der Waals surface area contributed by atoms with Crippen molar-refractivity contribution in [3.63, 3.8) is 0 Å². The molecule has 3 rings (SSSR count). The number of alkyl halides is 1. The van der Waals surface area contributed by atoms with Crippen molar-refractivity contribution in [2.24, 2.45) is 0 Å². The third kappa shape index (κ3) is 2.66. The van der Waals surface area contributed by atoms with Gasteiger partial charge >= 0.3 is 0 Å². The lowest BCUT2D eigenvalue weighted by Crippen LogP contribution is -2.34. The SMILES string of the molecule is CC1(n2c(CCCl)nc3cc(Cl)c(F)cc32)CCCCC1. The Hall–Kier alpha value is -0.800. The molecule has 2 aromatic rings. The number of aromatic nitrogens is 2. The first kappa shape index (κ1) is 15.1. The summed E-state index contributed by atoms with van der Waals surface area (Å²) in [5.74, 6) is 1.06. The first-order chi connectivity index (χ1) is 10.0. The standard InChI is InChI=1S/C16H19Cl2FN2/c1-16(6-3-2-4-7-16)21-14-10-12(19)11(18)9-13(14)20-15(21)5-8-17/h9-10H,2-8H2,1H3. The molecule has 0 aliphatic heterocycles. The summed E-state index contributed by atoms with van der Waals surface area (Å²) in [6.45, 7) is 2.25. The van der Waals surface area contributed by atoms with Gasteiger partial charge in [-0.2, -0.15) is 0 Å². The van der Waals surface area contributed by atoms with Crippen LogP contribution in [0.4, 0.5) is 4.39 Å². The number of imidazole rings is 1. The summed E-state index contributed by atoms with van der Waals surface area (Å²) in [6.07, 6.45) is 6.55. The van der Waals surface area contributed by atoms with Crippen molar-refractivity contribution in [2.75, 3.05) is 5.88 Å². The Morgan fingerprint density at radius 2 is 2.00 bits per heavy atom. The van der Waals surface area contributed by atoms with Crippen LogP contribution in [-0.4, -0.2) is 15.4 Å². The smallest absolute Gasteiger partial charge is 0.144 e. The normalized spacial score (nSPS) is 18.3. The second kappa shape index (κ2) is 5.77. The fourth-order valence-electron chi connectivity index (χ4n) is 3.51. The van der Waals surface area contributed by atoms with E-state index in [1.54, 1.807) is 6.07 Å². The summed E-state index contributed by atoms with van der Waals surface area (Å²) < 4.78 is 16.1. The lowest BCUT2D eigenvalue weighted by Gasteiger charge is -2.37. The van der Waals surface area contributed by atoms with E-state index in [1.165, 1.54) is 25.3 Å². The molecule has 21 heavy (non-hydrogen) atoms. The molecule has 0 unspecified atom stereocenters. The van der Waals surface area contributed by atoms with E-state index >= 15 is 0 Å². The van der Waals surface area contributed by atoms with Gasteiger partial charge in [0.25, 0.3) is 0 Å². The maximum Gasteiger partial charge on any atom is 0.144 e. The zero-order valence-corrected chi connectivity index (χ0v) is 13.6. The van der Waals surface area contributed by atoms with Gasteiger partial charge in [0.05, 0.1) is 16.1 Å². The average Bonchev–Trinajstić information content (AvgIpc) is 2.78. The number of benzene rings is 1. The summed E-state index contributed by atoms with van der Waals surface area (Å²) in [5.41, 5.74) is 1.59. The zero-order valence-electron chi connectivity index (χ0n) is 12.1. The fourth-order valence-corrected chi connectivity index (χ4v) is 3.84. The molecule has 1 aromatic heterocycles. The average molecular weight is 329 g/mol. The van der Waals surface area contributed by atoms with Crippen LogP contribution in [0.15, 0.2) is 12.1 Å². The molecule has 0 radical (unpaired) electrons. The molecule has 0 N–H and O–H groups in total. The van der Waals surface area contributed by atoms with E-state index in [2.05, 4.69) is 16.5 Å². The van der Waals surface area contributed by atoms with Crippen molar-refractivity contribution in [3.8, 4) is 0 Å². The summed E-state index contributed by atoms with van der Waals surface area (Å²) in [5, 5.41) is 0.123. The van der Waals surface area contributed by atoms with Crippen LogP contribution in [0.25, 0.3) is 11.0 Å². The van der Waals surface area contributed by atoms with Crippen LogP contribution >= 0.6 is 23.2 Å². The molecule has 0 saturated heterocycles. The molecule has 0 spiro atoms. The molecular formula is C16H19Cl2FN2. The highest BCUT2D eigenvalue weighted by Gasteiger charge is 2.32. The van der Waals surface area contributed by atoms with E-state index in [-0.39, 0.29) is 16.4 Å². The van der Waals surface area contributed by atoms with E-state index in [9.17, 15) is 4.39 Å². The molecule has 0 atom stereocenters. The largest absolute Gasteiger partial charge is 0.322 e. The summed E-state index contributed by atoms with van der Waals surface area (Å²) >= 11 is 11.8.